The van der Waals surface area contributed by atoms with Gasteiger partial charge in [-0.25, -0.2) is 0 Å². The van der Waals surface area contributed by atoms with Gasteiger partial charge in [-0.15, -0.1) is 0 Å². The minimum Gasteiger partial charge on any atom is -0.381 e. The second-order valence-electron chi connectivity index (χ2n) is 1.67. The van der Waals surface area contributed by atoms with Crippen LogP contribution in [0.4, 0.5) is 0 Å². The van der Waals surface area contributed by atoms with E-state index in [4.69, 9.17) is 5.11 Å². The van der Waals surface area contributed by atoms with Crippen molar-refractivity contribution in [2.45, 2.75) is 20.8 Å². The molecule has 0 aromatic carbocycles. The summed E-state index contributed by atoms with van der Waals surface area (Å²) >= 11 is 0. The quantitative estimate of drug-likeness (QED) is 0.527. The Morgan fingerprint density at radius 3 is 1.89 bits per heavy atom. The predicted octanol–water partition coefficient (Wildman–Crippen LogP) is 0.141. The summed E-state index contributed by atoms with van der Waals surface area (Å²) in [6.07, 6.45) is 0. The van der Waals surface area contributed by atoms with Crippen molar-refractivity contribution in [3.05, 3.63) is 0 Å². The normalized spacial score (nSPS) is 7.56. The van der Waals surface area contributed by atoms with E-state index in [1.54, 1.807) is 0 Å². The molecule has 3 heteroatoms. The van der Waals surface area contributed by atoms with Crippen LogP contribution in [0.5, 0.6) is 0 Å². The average molecular weight is 133 g/mol. The number of hydrogen-bond acceptors (Lipinski definition) is 3. The SMILES string of the molecule is CC(C)=O.CCNCO. The van der Waals surface area contributed by atoms with Gasteiger partial charge >= 0.3 is 0 Å². The van der Waals surface area contributed by atoms with Crippen molar-refractivity contribution in [3.63, 3.8) is 0 Å². The van der Waals surface area contributed by atoms with Gasteiger partial charge in [-0.3, -0.25) is 5.32 Å². The molecule has 3 nitrogen and oxygen atoms in total. The molecule has 0 radical (unpaired) electrons. The molecule has 0 saturated heterocycles. The molecule has 0 aliphatic rings. The van der Waals surface area contributed by atoms with E-state index in [0.717, 1.165) is 6.54 Å². The highest BCUT2D eigenvalue weighted by Crippen LogP contribution is 1.50. The van der Waals surface area contributed by atoms with Gasteiger partial charge in [0.15, 0.2) is 0 Å². The molecule has 0 unspecified atom stereocenters. The first-order valence-electron chi connectivity index (χ1n) is 2.93. The molecule has 0 fully saturated rings. The number of ketones is 1. The van der Waals surface area contributed by atoms with Gasteiger partial charge in [0.1, 0.15) is 5.78 Å². The smallest absolute Gasteiger partial charge is 0.126 e. The fraction of sp³-hybridized carbons (Fsp3) is 0.833. The summed E-state index contributed by atoms with van der Waals surface area (Å²) in [5.41, 5.74) is 0. The lowest BCUT2D eigenvalue weighted by Gasteiger charge is -1.85. The van der Waals surface area contributed by atoms with E-state index < -0.39 is 0 Å². The Kier molecular flexibility index (Phi) is 13.4. The Bertz CT molecular complexity index is 58.1. The van der Waals surface area contributed by atoms with Crippen LogP contribution in [0.15, 0.2) is 0 Å². The number of carbonyl (C=O) groups is 1. The summed E-state index contributed by atoms with van der Waals surface area (Å²) in [5.74, 6) is 0.167. The molecule has 56 valence electrons. The van der Waals surface area contributed by atoms with Gasteiger partial charge in [0.05, 0.1) is 6.73 Å². The van der Waals surface area contributed by atoms with Crippen LogP contribution in [0.3, 0.4) is 0 Å². The molecule has 0 bridgehead atoms. The fourth-order valence-electron chi connectivity index (χ4n) is 0.112. The molecule has 2 N–H and O–H groups in total. The van der Waals surface area contributed by atoms with Crippen LogP contribution in [0.25, 0.3) is 0 Å². The number of carbonyl (C=O) groups excluding carboxylic acids is 1. The van der Waals surface area contributed by atoms with Crippen LogP contribution in [0.2, 0.25) is 0 Å². The average Bonchev–Trinajstić information content (AvgIpc) is 1.66. The van der Waals surface area contributed by atoms with E-state index in [0.29, 0.717) is 0 Å². The molecular formula is C6H15NO2. The summed E-state index contributed by atoms with van der Waals surface area (Å²) in [6, 6.07) is 0. The number of aliphatic hydroxyl groups excluding tert-OH is 1. The Morgan fingerprint density at radius 2 is 1.89 bits per heavy atom. The zero-order valence-electron chi connectivity index (χ0n) is 6.27. The van der Waals surface area contributed by atoms with Crippen molar-refractivity contribution in [1.82, 2.24) is 5.32 Å². The molecule has 0 saturated carbocycles. The Morgan fingerprint density at radius 1 is 1.56 bits per heavy atom. The highest BCUT2D eigenvalue weighted by Gasteiger charge is 1.63. The van der Waals surface area contributed by atoms with Gasteiger partial charge in [0, 0.05) is 0 Å². The van der Waals surface area contributed by atoms with Crippen molar-refractivity contribution in [3.8, 4) is 0 Å². The standard InChI is InChI=1S/C3H9NO.C3H6O/c1-2-4-3-5;1-3(2)4/h4-5H,2-3H2,1H3;1-2H3. The second-order valence-corrected chi connectivity index (χ2v) is 1.67. The van der Waals surface area contributed by atoms with E-state index in [9.17, 15) is 4.79 Å². The van der Waals surface area contributed by atoms with Gasteiger partial charge in [0.25, 0.3) is 0 Å². The number of Topliss-reactive ketones (excluding diaryl/α,β-unsaturated/α-hetero) is 1. The van der Waals surface area contributed by atoms with Crippen molar-refractivity contribution >= 4 is 5.78 Å². The molecule has 0 aromatic rings. The van der Waals surface area contributed by atoms with Crippen molar-refractivity contribution in [2.75, 3.05) is 13.3 Å². The maximum Gasteiger partial charge on any atom is 0.126 e. The summed E-state index contributed by atoms with van der Waals surface area (Å²) in [7, 11) is 0. The van der Waals surface area contributed by atoms with Crippen LogP contribution in [-0.4, -0.2) is 24.2 Å². The highest BCUT2D eigenvalue weighted by atomic mass is 16.3. The van der Waals surface area contributed by atoms with Crippen LogP contribution in [0.1, 0.15) is 20.8 Å². The summed E-state index contributed by atoms with van der Waals surface area (Å²) in [6.45, 7) is 5.93. The highest BCUT2D eigenvalue weighted by molar-refractivity contribution is 5.72. The molecule has 0 aliphatic heterocycles. The third-order valence-corrected chi connectivity index (χ3v) is 0.362. The topological polar surface area (TPSA) is 49.3 Å². The molecular weight excluding hydrogens is 118 g/mol. The minimum atomic E-state index is 0.0938. The molecule has 0 heterocycles. The summed E-state index contributed by atoms with van der Waals surface area (Å²) in [5, 5.41) is 10.6. The van der Waals surface area contributed by atoms with Gasteiger partial charge < -0.3 is 9.90 Å². The first-order chi connectivity index (χ1) is 4.15. The maximum absolute atomic E-state index is 9.44. The molecule has 0 rings (SSSR count). The zero-order chi connectivity index (χ0) is 7.70. The molecule has 0 atom stereocenters. The molecule has 9 heavy (non-hydrogen) atoms. The van der Waals surface area contributed by atoms with E-state index in [1.807, 2.05) is 6.92 Å². The third-order valence-electron chi connectivity index (χ3n) is 0.362. The lowest BCUT2D eigenvalue weighted by Crippen LogP contribution is -2.12. The Balaban J connectivity index is 0. The van der Waals surface area contributed by atoms with E-state index in [2.05, 4.69) is 5.32 Å². The monoisotopic (exact) mass is 133 g/mol. The van der Waals surface area contributed by atoms with Crippen molar-refractivity contribution in [1.29, 1.82) is 0 Å². The summed E-state index contributed by atoms with van der Waals surface area (Å²) < 4.78 is 0. The van der Waals surface area contributed by atoms with Crippen LogP contribution in [0, 0.1) is 0 Å². The van der Waals surface area contributed by atoms with Gasteiger partial charge in [-0.05, 0) is 20.4 Å². The number of aliphatic hydroxyl groups is 1. The predicted molar refractivity (Wildman–Crippen MR) is 37.1 cm³/mol. The lowest BCUT2D eigenvalue weighted by molar-refractivity contribution is -0.114. The van der Waals surface area contributed by atoms with Crippen LogP contribution < -0.4 is 5.32 Å². The first kappa shape index (κ1) is 11.4. The van der Waals surface area contributed by atoms with Gasteiger partial charge in [-0.2, -0.15) is 0 Å². The van der Waals surface area contributed by atoms with Crippen molar-refractivity contribution < 1.29 is 9.90 Å². The van der Waals surface area contributed by atoms with Crippen LogP contribution in [-0.2, 0) is 4.79 Å². The Hall–Kier alpha value is -0.410. The zero-order valence-corrected chi connectivity index (χ0v) is 6.27. The van der Waals surface area contributed by atoms with E-state index in [-0.39, 0.29) is 12.5 Å². The van der Waals surface area contributed by atoms with Gasteiger partial charge in [-0.1, -0.05) is 6.92 Å². The molecule has 0 spiro atoms. The fourth-order valence-corrected chi connectivity index (χ4v) is 0.112. The van der Waals surface area contributed by atoms with E-state index >= 15 is 0 Å². The molecule has 0 amide bonds. The molecule has 0 aliphatic carbocycles. The largest absolute Gasteiger partial charge is 0.381 e. The third kappa shape index (κ3) is 93.8. The number of nitrogens with one attached hydrogen (secondary N) is 1. The number of rotatable bonds is 2. The summed E-state index contributed by atoms with van der Waals surface area (Å²) in [4.78, 5) is 9.44. The Labute approximate surface area is 56.1 Å². The minimum absolute atomic E-state index is 0.0938. The maximum atomic E-state index is 9.44. The number of hydrogen-bond donors (Lipinski definition) is 2. The first-order valence-corrected chi connectivity index (χ1v) is 2.93. The lowest BCUT2D eigenvalue weighted by atomic mass is 10.6. The van der Waals surface area contributed by atoms with E-state index in [1.165, 1.54) is 13.8 Å². The second kappa shape index (κ2) is 10.5. The van der Waals surface area contributed by atoms with Crippen LogP contribution >= 0.6 is 0 Å². The van der Waals surface area contributed by atoms with Gasteiger partial charge in [0.2, 0.25) is 0 Å². The molecule has 0 aromatic heterocycles. The van der Waals surface area contributed by atoms with Crippen molar-refractivity contribution in [2.24, 2.45) is 0 Å².